The maximum absolute atomic E-state index is 14.6. The minimum Gasteiger partial charge on any atom is -0.372 e. The van der Waals surface area contributed by atoms with Gasteiger partial charge in [-0.15, -0.1) is 0 Å². The van der Waals surface area contributed by atoms with E-state index in [1.54, 1.807) is 12.1 Å². The fraction of sp³-hybridized carbons (Fsp3) is 0.211. The van der Waals surface area contributed by atoms with Crippen LogP contribution in [0.2, 0.25) is 5.02 Å². The molecule has 0 saturated carbocycles. The lowest BCUT2D eigenvalue weighted by atomic mass is 9.86. The van der Waals surface area contributed by atoms with Crippen LogP contribution in [0.1, 0.15) is 30.9 Å². The summed E-state index contributed by atoms with van der Waals surface area (Å²) in [6.07, 6.45) is 2.03. The topological polar surface area (TPSA) is 41.1 Å². The molecule has 0 bridgehead atoms. The molecule has 2 N–H and O–H groups in total. The van der Waals surface area contributed by atoms with Crippen molar-refractivity contribution in [3.63, 3.8) is 0 Å². The Morgan fingerprint density at radius 2 is 1.83 bits per heavy atom. The molecule has 2 aromatic carbocycles. The van der Waals surface area contributed by atoms with Crippen molar-refractivity contribution >= 4 is 28.8 Å². The van der Waals surface area contributed by atoms with Crippen molar-refractivity contribution in [3.8, 4) is 0 Å². The van der Waals surface area contributed by atoms with Gasteiger partial charge in [-0.3, -0.25) is 4.79 Å². The summed E-state index contributed by atoms with van der Waals surface area (Å²) in [7, 11) is 0. The third kappa shape index (κ3) is 2.47. The van der Waals surface area contributed by atoms with Gasteiger partial charge in [0.05, 0.1) is 17.4 Å². The molecule has 24 heavy (non-hydrogen) atoms. The Morgan fingerprint density at radius 3 is 2.62 bits per heavy atom. The van der Waals surface area contributed by atoms with Crippen LogP contribution in [-0.2, 0) is 4.79 Å². The number of carbonyl (C=O) groups excluding carboxylic acids is 1. The standard InChI is InChI=1S/C19H16ClFN2O/c20-11-5-3-6-12(21)17(11)19-18-15(9-4-10-16(18)24)22-13-7-1-2-8-14(13)23-19/h1-3,5-8,19,22-23H,4,9-10H2/t19-/m0/s1. The molecular formula is C19H16ClFN2O. The van der Waals surface area contributed by atoms with Crippen LogP contribution in [0, 0.1) is 5.82 Å². The summed E-state index contributed by atoms with van der Waals surface area (Å²) in [5, 5.41) is 7.00. The van der Waals surface area contributed by atoms with Crippen molar-refractivity contribution in [2.24, 2.45) is 0 Å². The molecule has 3 nitrogen and oxygen atoms in total. The summed E-state index contributed by atoms with van der Waals surface area (Å²) in [6, 6.07) is 11.7. The molecule has 0 aromatic heterocycles. The van der Waals surface area contributed by atoms with E-state index in [0.29, 0.717) is 22.6 Å². The average Bonchev–Trinajstić information content (AvgIpc) is 2.72. The van der Waals surface area contributed by atoms with E-state index in [0.717, 1.165) is 29.9 Å². The quantitative estimate of drug-likeness (QED) is 0.760. The van der Waals surface area contributed by atoms with E-state index in [-0.39, 0.29) is 5.78 Å². The molecule has 1 aliphatic carbocycles. The SMILES string of the molecule is O=C1CCCC2=C1[C@H](c1c(F)cccc1Cl)Nc1ccccc1N2. The highest BCUT2D eigenvalue weighted by Crippen LogP contribution is 2.42. The van der Waals surface area contributed by atoms with E-state index in [9.17, 15) is 9.18 Å². The molecule has 5 heteroatoms. The van der Waals surface area contributed by atoms with Crippen molar-refractivity contribution in [1.29, 1.82) is 0 Å². The van der Waals surface area contributed by atoms with Gasteiger partial charge in [-0.05, 0) is 37.1 Å². The molecule has 2 aliphatic rings. The van der Waals surface area contributed by atoms with Crippen molar-refractivity contribution in [2.45, 2.75) is 25.3 Å². The van der Waals surface area contributed by atoms with Crippen LogP contribution < -0.4 is 10.6 Å². The number of rotatable bonds is 1. The minimum absolute atomic E-state index is 0.0355. The summed E-state index contributed by atoms with van der Waals surface area (Å²) in [5.74, 6) is -0.377. The molecular weight excluding hydrogens is 327 g/mol. The Bertz CT molecular complexity index is 842. The number of para-hydroxylation sites is 2. The maximum Gasteiger partial charge on any atom is 0.163 e. The number of anilines is 2. The highest BCUT2D eigenvalue weighted by atomic mass is 35.5. The third-order valence-electron chi connectivity index (χ3n) is 4.55. The second-order valence-corrected chi connectivity index (χ2v) is 6.46. The highest BCUT2D eigenvalue weighted by molar-refractivity contribution is 6.31. The normalized spacial score (nSPS) is 19.8. The van der Waals surface area contributed by atoms with Gasteiger partial charge in [0.2, 0.25) is 0 Å². The van der Waals surface area contributed by atoms with Crippen molar-refractivity contribution in [3.05, 3.63) is 70.1 Å². The zero-order chi connectivity index (χ0) is 16.7. The van der Waals surface area contributed by atoms with Crippen LogP contribution in [0.3, 0.4) is 0 Å². The number of halogens is 2. The van der Waals surface area contributed by atoms with Gasteiger partial charge in [-0.2, -0.15) is 0 Å². The molecule has 0 radical (unpaired) electrons. The van der Waals surface area contributed by atoms with E-state index >= 15 is 0 Å². The van der Waals surface area contributed by atoms with Crippen LogP contribution >= 0.6 is 11.6 Å². The fourth-order valence-corrected chi connectivity index (χ4v) is 3.71. The smallest absolute Gasteiger partial charge is 0.163 e. The van der Waals surface area contributed by atoms with Gasteiger partial charge in [0.15, 0.2) is 5.78 Å². The molecule has 0 fully saturated rings. The van der Waals surface area contributed by atoms with Gasteiger partial charge in [0.25, 0.3) is 0 Å². The number of allylic oxidation sites excluding steroid dienone is 1. The summed E-state index contributed by atoms with van der Waals surface area (Å²) >= 11 is 6.29. The molecule has 0 saturated heterocycles. The Morgan fingerprint density at radius 1 is 1.04 bits per heavy atom. The second kappa shape index (κ2) is 5.95. The number of hydrogen-bond donors (Lipinski definition) is 2. The Balaban J connectivity index is 1.94. The molecule has 1 heterocycles. The number of carbonyl (C=O) groups is 1. The van der Waals surface area contributed by atoms with Gasteiger partial charge in [-0.1, -0.05) is 29.8 Å². The maximum atomic E-state index is 14.6. The lowest BCUT2D eigenvalue weighted by molar-refractivity contribution is -0.116. The predicted molar refractivity (Wildman–Crippen MR) is 93.7 cm³/mol. The number of nitrogens with one attached hydrogen (secondary N) is 2. The largest absolute Gasteiger partial charge is 0.372 e. The molecule has 0 amide bonds. The molecule has 0 unspecified atom stereocenters. The van der Waals surface area contributed by atoms with E-state index in [1.165, 1.54) is 6.07 Å². The monoisotopic (exact) mass is 342 g/mol. The van der Waals surface area contributed by atoms with Crippen LogP contribution in [0.25, 0.3) is 0 Å². The summed E-state index contributed by atoms with van der Waals surface area (Å²) in [6.45, 7) is 0. The van der Waals surface area contributed by atoms with Crippen LogP contribution in [0.4, 0.5) is 15.8 Å². The zero-order valence-electron chi connectivity index (χ0n) is 12.9. The van der Waals surface area contributed by atoms with Crippen LogP contribution in [-0.4, -0.2) is 5.78 Å². The average molecular weight is 343 g/mol. The van der Waals surface area contributed by atoms with Crippen molar-refractivity contribution < 1.29 is 9.18 Å². The van der Waals surface area contributed by atoms with E-state index < -0.39 is 11.9 Å². The van der Waals surface area contributed by atoms with E-state index in [1.807, 2.05) is 24.3 Å². The first kappa shape index (κ1) is 15.2. The fourth-order valence-electron chi connectivity index (χ4n) is 3.44. The van der Waals surface area contributed by atoms with Gasteiger partial charge in [-0.25, -0.2) is 4.39 Å². The zero-order valence-corrected chi connectivity index (χ0v) is 13.7. The molecule has 122 valence electrons. The number of Topliss-reactive ketones (excluding diaryl/α,β-unsaturated/α-hetero) is 1. The predicted octanol–water partition coefficient (Wildman–Crippen LogP) is 5.06. The first-order valence-electron chi connectivity index (χ1n) is 7.98. The second-order valence-electron chi connectivity index (χ2n) is 6.05. The Labute approximate surface area is 144 Å². The third-order valence-corrected chi connectivity index (χ3v) is 4.88. The molecule has 0 spiro atoms. The van der Waals surface area contributed by atoms with Crippen molar-refractivity contribution in [2.75, 3.05) is 10.6 Å². The van der Waals surface area contributed by atoms with Gasteiger partial charge >= 0.3 is 0 Å². The highest BCUT2D eigenvalue weighted by Gasteiger charge is 2.34. The van der Waals surface area contributed by atoms with Gasteiger partial charge in [0, 0.05) is 28.3 Å². The first-order valence-corrected chi connectivity index (χ1v) is 8.35. The number of hydrogen-bond acceptors (Lipinski definition) is 3. The molecule has 1 atom stereocenters. The Hall–Kier alpha value is -2.33. The van der Waals surface area contributed by atoms with Gasteiger partial charge in [0.1, 0.15) is 5.82 Å². The molecule has 1 aliphatic heterocycles. The van der Waals surface area contributed by atoms with Gasteiger partial charge < -0.3 is 10.6 Å². The Kier molecular flexibility index (Phi) is 3.77. The number of benzene rings is 2. The summed E-state index contributed by atoms with van der Waals surface area (Å²) < 4.78 is 14.6. The summed E-state index contributed by atoms with van der Waals surface area (Å²) in [5.41, 5.74) is 3.47. The number of ketones is 1. The van der Waals surface area contributed by atoms with Crippen LogP contribution in [0.5, 0.6) is 0 Å². The van der Waals surface area contributed by atoms with E-state index in [2.05, 4.69) is 10.6 Å². The molecule has 2 aromatic rings. The molecule has 4 rings (SSSR count). The number of fused-ring (bicyclic) bond motifs is 1. The minimum atomic E-state index is -0.599. The lowest BCUT2D eigenvalue weighted by Gasteiger charge is -2.26. The van der Waals surface area contributed by atoms with Crippen LogP contribution in [0.15, 0.2) is 53.7 Å². The first-order chi connectivity index (χ1) is 11.6. The lowest BCUT2D eigenvalue weighted by Crippen LogP contribution is -2.24. The summed E-state index contributed by atoms with van der Waals surface area (Å²) in [4.78, 5) is 12.6. The van der Waals surface area contributed by atoms with E-state index in [4.69, 9.17) is 11.6 Å². The van der Waals surface area contributed by atoms with Crippen molar-refractivity contribution in [1.82, 2.24) is 0 Å².